The van der Waals surface area contributed by atoms with E-state index in [1.54, 1.807) is 0 Å². The molecule has 0 unspecified atom stereocenters. The topological polar surface area (TPSA) is 63.0 Å². The monoisotopic (exact) mass is 308 g/mol. The standard InChI is InChI=1S/C12H9F5N2O2/c1-2-21-10(20)4-8-7(5-18)6(11(13)14)3-9(19-8)12(15,16)17/h3,11H,2,4H2,1H3. The maximum Gasteiger partial charge on any atom is 0.433 e. The van der Waals surface area contributed by atoms with Crippen LogP contribution in [0.4, 0.5) is 22.0 Å². The number of hydrogen-bond donors (Lipinski definition) is 0. The van der Waals surface area contributed by atoms with Crippen LogP contribution in [-0.2, 0) is 22.1 Å². The van der Waals surface area contributed by atoms with Gasteiger partial charge in [-0.3, -0.25) is 4.79 Å². The third kappa shape index (κ3) is 4.11. The zero-order valence-electron chi connectivity index (χ0n) is 10.7. The van der Waals surface area contributed by atoms with Crippen LogP contribution in [-0.4, -0.2) is 17.6 Å². The lowest BCUT2D eigenvalue weighted by Crippen LogP contribution is -2.16. The van der Waals surface area contributed by atoms with Crippen molar-refractivity contribution >= 4 is 5.97 Å². The first kappa shape index (κ1) is 16.8. The minimum Gasteiger partial charge on any atom is -0.466 e. The molecule has 0 atom stereocenters. The molecule has 1 aromatic heterocycles. The van der Waals surface area contributed by atoms with Crippen LogP contribution in [0.3, 0.4) is 0 Å². The molecule has 0 saturated heterocycles. The van der Waals surface area contributed by atoms with Crippen molar-refractivity contribution < 1.29 is 31.5 Å². The Morgan fingerprint density at radius 3 is 2.52 bits per heavy atom. The van der Waals surface area contributed by atoms with Gasteiger partial charge in [0.05, 0.1) is 24.3 Å². The van der Waals surface area contributed by atoms with Crippen molar-refractivity contribution in [3.8, 4) is 6.07 Å². The van der Waals surface area contributed by atoms with E-state index in [0.29, 0.717) is 0 Å². The van der Waals surface area contributed by atoms with Gasteiger partial charge in [0.2, 0.25) is 0 Å². The number of nitrogens with zero attached hydrogens (tertiary/aromatic N) is 2. The molecule has 21 heavy (non-hydrogen) atoms. The number of pyridine rings is 1. The Balaban J connectivity index is 3.42. The molecule has 0 radical (unpaired) electrons. The van der Waals surface area contributed by atoms with Crippen LogP contribution >= 0.6 is 0 Å². The molecule has 9 heteroatoms. The fraction of sp³-hybridized carbons (Fsp3) is 0.417. The van der Waals surface area contributed by atoms with Crippen molar-refractivity contribution in [3.63, 3.8) is 0 Å². The molecular weight excluding hydrogens is 299 g/mol. The van der Waals surface area contributed by atoms with Crippen LogP contribution < -0.4 is 0 Å². The number of hydrogen-bond acceptors (Lipinski definition) is 4. The molecule has 0 amide bonds. The molecule has 0 spiro atoms. The van der Waals surface area contributed by atoms with Crippen molar-refractivity contribution in [2.45, 2.75) is 25.9 Å². The van der Waals surface area contributed by atoms with Crippen molar-refractivity contribution in [3.05, 3.63) is 28.6 Å². The second kappa shape index (κ2) is 6.47. The number of carbonyl (C=O) groups excluding carboxylic acids is 1. The highest BCUT2D eigenvalue weighted by molar-refractivity contribution is 5.73. The number of carbonyl (C=O) groups is 1. The lowest BCUT2D eigenvalue weighted by Gasteiger charge is -2.13. The zero-order valence-corrected chi connectivity index (χ0v) is 10.7. The largest absolute Gasteiger partial charge is 0.466 e. The van der Waals surface area contributed by atoms with Gasteiger partial charge >= 0.3 is 12.1 Å². The lowest BCUT2D eigenvalue weighted by atomic mass is 10.0. The Hall–Kier alpha value is -2.24. The van der Waals surface area contributed by atoms with Crippen LogP contribution in [0.1, 0.15) is 35.9 Å². The number of rotatable bonds is 4. The van der Waals surface area contributed by atoms with Gasteiger partial charge in [-0.2, -0.15) is 18.4 Å². The Morgan fingerprint density at radius 2 is 2.10 bits per heavy atom. The quantitative estimate of drug-likeness (QED) is 0.633. The van der Waals surface area contributed by atoms with E-state index in [1.165, 1.54) is 13.0 Å². The van der Waals surface area contributed by atoms with Crippen molar-refractivity contribution in [2.24, 2.45) is 0 Å². The van der Waals surface area contributed by atoms with Gasteiger partial charge in [-0.15, -0.1) is 0 Å². The predicted molar refractivity (Wildman–Crippen MR) is 59.2 cm³/mol. The molecule has 0 bridgehead atoms. The molecular formula is C12H9F5N2O2. The summed E-state index contributed by atoms with van der Waals surface area (Å²) in [5.41, 5.74) is -4.12. The minimum absolute atomic E-state index is 0.0403. The van der Waals surface area contributed by atoms with E-state index in [2.05, 4.69) is 9.72 Å². The minimum atomic E-state index is -4.97. The van der Waals surface area contributed by atoms with E-state index >= 15 is 0 Å². The van der Waals surface area contributed by atoms with Gasteiger partial charge in [-0.1, -0.05) is 0 Å². The first-order chi connectivity index (χ1) is 9.70. The van der Waals surface area contributed by atoms with Gasteiger partial charge in [-0.05, 0) is 13.0 Å². The van der Waals surface area contributed by atoms with Crippen molar-refractivity contribution in [2.75, 3.05) is 6.61 Å². The predicted octanol–water partition coefficient (Wildman–Crippen LogP) is 3.02. The Morgan fingerprint density at radius 1 is 1.48 bits per heavy atom. The first-order valence-electron chi connectivity index (χ1n) is 5.65. The maximum atomic E-state index is 12.8. The van der Waals surface area contributed by atoms with Crippen LogP contribution in [0.5, 0.6) is 0 Å². The molecule has 0 aliphatic carbocycles. The maximum absolute atomic E-state index is 12.8. The normalized spacial score (nSPS) is 11.3. The summed E-state index contributed by atoms with van der Waals surface area (Å²) in [7, 11) is 0. The Labute approximate surface area is 116 Å². The third-order valence-electron chi connectivity index (χ3n) is 2.38. The molecule has 0 fully saturated rings. The van der Waals surface area contributed by atoms with Gasteiger partial charge in [0.15, 0.2) is 0 Å². The smallest absolute Gasteiger partial charge is 0.433 e. The summed E-state index contributed by atoms with van der Waals surface area (Å²) in [6, 6.07) is 1.46. The SMILES string of the molecule is CCOC(=O)Cc1nc(C(F)(F)F)cc(C(F)F)c1C#N. The molecule has 0 aliphatic heterocycles. The number of nitriles is 1. The van der Waals surface area contributed by atoms with Crippen LogP contribution in [0.2, 0.25) is 0 Å². The van der Waals surface area contributed by atoms with Crippen molar-refractivity contribution in [1.29, 1.82) is 5.26 Å². The van der Waals surface area contributed by atoms with E-state index in [1.807, 2.05) is 0 Å². The number of alkyl halides is 5. The molecule has 0 N–H and O–H groups in total. The third-order valence-corrected chi connectivity index (χ3v) is 2.38. The van der Waals surface area contributed by atoms with E-state index < -0.39 is 47.5 Å². The highest BCUT2D eigenvalue weighted by Gasteiger charge is 2.35. The van der Waals surface area contributed by atoms with Crippen molar-refractivity contribution in [1.82, 2.24) is 4.98 Å². The van der Waals surface area contributed by atoms with Gasteiger partial charge in [0.25, 0.3) is 6.43 Å². The molecule has 0 saturated carbocycles. The molecule has 1 rings (SSSR count). The molecule has 114 valence electrons. The summed E-state index contributed by atoms with van der Waals surface area (Å²) >= 11 is 0. The number of aromatic nitrogens is 1. The molecule has 1 aromatic rings. The number of esters is 1. The molecule has 1 heterocycles. The fourth-order valence-electron chi connectivity index (χ4n) is 1.54. The van der Waals surface area contributed by atoms with Gasteiger partial charge in [0, 0.05) is 5.56 Å². The first-order valence-corrected chi connectivity index (χ1v) is 5.65. The van der Waals surface area contributed by atoms with E-state index in [9.17, 15) is 26.7 Å². The summed E-state index contributed by atoms with van der Waals surface area (Å²) in [6.45, 7) is 1.43. The number of ether oxygens (including phenoxy) is 1. The fourth-order valence-corrected chi connectivity index (χ4v) is 1.54. The average Bonchev–Trinajstić information content (AvgIpc) is 2.36. The van der Waals surface area contributed by atoms with E-state index in [-0.39, 0.29) is 12.7 Å². The Bertz CT molecular complexity index is 578. The second-order valence-corrected chi connectivity index (χ2v) is 3.81. The van der Waals surface area contributed by atoms with Crippen LogP contribution in [0.15, 0.2) is 6.07 Å². The zero-order chi connectivity index (χ0) is 16.2. The van der Waals surface area contributed by atoms with E-state index in [4.69, 9.17) is 5.26 Å². The molecule has 0 aliphatic rings. The lowest BCUT2D eigenvalue weighted by molar-refractivity contribution is -0.144. The summed E-state index contributed by atoms with van der Waals surface area (Å²) in [4.78, 5) is 14.4. The van der Waals surface area contributed by atoms with Gasteiger partial charge < -0.3 is 4.74 Å². The molecule has 0 aromatic carbocycles. The summed E-state index contributed by atoms with van der Waals surface area (Å²) in [6.07, 6.45) is -9.06. The Kier molecular flexibility index (Phi) is 5.18. The highest BCUT2D eigenvalue weighted by Crippen LogP contribution is 2.33. The van der Waals surface area contributed by atoms with E-state index in [0.717, 1.165) is 0 Å². The summed E-state index contributed by atoms with van der Waals surface area (Å²) in [5, 5.41) is 8.83. The van der Waals surface area contributed by atoms with Gasteiger partial charge in [-0.25, -0.2) is 13.8 Å². The van der Waals surface area contributed by atoms with Gasteiger partial charge in [0.1, 0.15) is 11.8 Å². The second-order valence-electron chi connectivity index (χ2n) is 3.81. The van der Waals surface area contributed by atoms with Crippen LogP contribution in [0.25, 0.3) is 0 Å². The summed E-state index contributed by atoms with van der Waals surface area (Å²) in [5.74, 6) is -0.957. The number of halogens is 5. The average molecular weight is 308 g/mol. The summed E-state index contributed by atoms with van der Waals surface area (Å²) < 4.78 is 68.0. The van der Waals surface area contributed by atoms with Crippen LogP contribution in [0, 0.1) is 11.3 Å². The highest BCUT2D eigenvalue weighted by atomic mass is 19.4. The molecule has 4 nitrogen and oxygen atoms in total.